The molecular formula is C25H23NO2. The molecule has 0 aliphatic carbocycles. The van der Waals surface area contributed by atoms with Gasteiger partial charge in [0.1, 0.15) is 5.75 Å². The van der Waals surface area contributed by atoms with Crippen LogP contribution in [0.2, 0.25) is 0 Å². The Morgan fingerprint density at radius 1 is 0.893 bits per heavy atom. The van der Waals surface area contributed by atoms with E-state index in [1.54, 1.807) is 11.7 Å². The van der Waals surface area contributed by atoms with Crippen molar-refractivity contribution in [2.75, 3.05) is 7.11 Å². The predicted octanol–water partition coefficient (Wildman–Crippen LogP) is 5.82. The fraction of sp³-hybridized carbons (Fsp3) is 0.160. The summed E-state index contributed by atoms with van der Waals surface area (Å²) < 4.78 is 7.34. The molecule has 3 aromatic carbocycles. The first-order valence-electron chi connectivity index (χ1n) is 9.41. The standard InChI is InChI=1S/C25H23NO2/c1-17-11-13-19(14-12-17)15-24(27)26-16-22(20-8-5-4-7-18(20)2)21-9-6-10-23(28-3)25(21)26/h4-14,16H,15H2,1-3H3. The van der Waals surface area contributed by atoms with Gasteiger partial charge in [-0.2, -0.15) is 0 Å². The lowest BCUT2D eigenvalue weighted by Crippen LogP contribution is -2.12. The van der Waals surface area contributed by atoms with E-state index in [0.29, 0.717) is 12.2 Å². The Morgan fingerprint density at radius 2 is 1.64 bits per heavy atom. The third kappa shape index (κ3) is 3.20. The summed E-state index contributed by atoms with van der Waals surface area (Å²) in [7, 11) is 1.64. The molecule has 0 unspecified atom stereocenters. The molecule has 1 aromatic heterocycles. The maximum atomic E-state index is 13.2. The summed E-state index contributed by atoms with van der Waals surface area (Å²) in [5, 5.41) is 1.02. The van der Waals surface area contributed by atoms with Crippen LogP contribution in [0.1, 0.15) is 21.5 Å². The van der Waals surface area contributed by atoms with Crippen molar-refractivity contribution in [1.29, 1.82) is 0 Å². The average molecular weight is 369 g/mol. The van der Waals surface area contributed by atoms with Crippen molar-refractivity contribution in [3.8, 4) is 16.9 Å². The zero-order chi connectivity index (χ0) is 19.7. The molecule has 0 aliphatic rings. The van der Waals surface area contributed by atoms with Crippen molar-refractivity contribution >= 4 is 16.8 Å². The molecule has 4 aromatic rings. The number of benzene rings is 3. The van der Waals surface area contributed by atoms with Crippen LogP contribution in [-0.2, 0) is 6.42 Å². The van der Waals surface area contributed by atoms with Gasteiger partial charge in [0.15, 0.2) is 0 Å². The monoisotopic (exact) mass is 369 g/mol. The molecule has 3 nitrogen and oxygen atoms in total. The third-order valence-electron chi connectivity index (χ3n) is 5.19. The molecule has 0 aliphatic heterocycles. The highest BCUT2D eigenvalue weighted by molar-refractivity contribution is 6.05. The number of fused-ring (bicyclic) bond motifs is 1. The molecule has 0 radical (unpaired) electrons. The second kappa shape index (κ2) is 7.35. The average Bonchev–Trinajstić information content (AvgIpc) is 3.10. The number of methoxy groups -OCH3 is 1. The van der Waals surface area contributed by atoms with Crippen LogP contribution < -0.4 is 4.74 Å². The molecule has 4 rings (SSSR count). The molecule has 0 saturated carbocycles. The highest BCUT2D eigenvalue weighted by Gasteiger charge is 2.19. The molecular weight excluding hydrogens is 346 g/mol. The van der Waals surface area contributed by atoms with E-state index in [1.807, 2.05) is 61.7 Å². The Labute approximate surface area is 165 Å². The van der Waals surface area contributed by atoms with Crippen LogP contribution in [0.3, 0.4) is 0 Å². The second-order valence-electron chi connectivity index (χ2n) is 7.14. The second-order valence-corrected chi connectivity index (χ2v) is 7.14. The van der Waals surface area contributed by atoms with E-state index >= 15 is 0 Å². The number of para-hydroxylation sites is 1. The first-order valence-corrected chi connectivity index (χ1v) is 9.41. The summed E-state index contributed by atoms with van der Waals surface area (Å²) in [6.07, 6.45) is 2.29. The number of ether oxygens (including phenoxy) is 1. The molecule has 0 atom stereocenters. The molecule has 0 bridgehead atoms. The Balaban J connectivity index is 1.87. The Morgan fingerprint density at radius 3 is 2.36 bits per heavy atom. The zero-order valence-electron chi connectivity index (χ0n) is 16.4. The van der Waals surface area contributed by atoms with Crippen LogP contribution in [0.25, 0.3) is 22.0 Å². The van der Waals surface area contributed by atoms with Gasteiger partial charge in [-0.25, -0.2) is 0 Å². The first kappa shape index (κ1) is 18.1. The predicted molar refractivity (Wildman–Crippen MR) is 114 cm³/mol. The minimum atomic E-state index is 0.0261. The van der Waals surface area contributed by atoms with Crippen molar-refractivity contribution in [2.45, 2.75) is 20.3 Å². The molecule has 0 fully saturated rings. The van der Waals surface area contributed by atoms with E-state index in [-0.39, 0.29) is 5.91 Å². The van der Waals surface area contributed by atoms with Crippen molar-refractivity contribution in [1.82, 2.24) is 4.57 Å². The quantitative estimate of drug-likeness (QED) is 0.454. The van der Waals surface area contributed by atoms with Crippen LogP contribution in [0.5, 0.6) is 5.75 Å². The number of carbonyl (C=O) groups is 1. The van der Waals surface area contributed by atoms with Crippen molar-refractivity contribution in [3.05, 3.63) is 89.6 Å². The van der Waals surface area contributed by atoms with Gasteiger partial charge >= 0.3 is 0 Å². The normalized spacial score (nSPS) is 11.0. The van der Waals surface area contributed by atoms with Gasteiger partial charge in [-0.05, 0) is 36.6 Å². The SMILES string of the molecule is COc1cccc2c(-c3ccccc3C)cn(C(=O)Cc3ccc(C)cc3)c12. The van der Waals surface area contributed by atoms with E-state index in [2.05, 4.69) is 25.1 Å². The minimum absolute atomic E-state index is 0.0261. The molecule has 0 saturated heterocycles. The number of rotatable bonds is 4. The van der Waals surface area contributed by atoms with Crippen molar-refractivity contribution in [3.63, 3.8) is 0 Å². The lowest BCUT2D eigenvalue weighted by Gasteiger charge is -2.08. The smallest absolute Gasteiger partial charge is 0.235 e. The summed E-state index contributed by atoms with van der Waals surface area (Å²) in [6.45, 7) is 4.14. The number of hydrogen-bond donors (Lipinski definition) is 0. The van der Waals surface area contributed by atoms with Gasteiger partial charge < -0.3 is 4.74 Å². The van der Waals surface area contributed by atoms with Crippen LogP contribution in [-0.4, -0.2) is 17.6 Å². The van der Waals surface area contributed by atoms with Gasteiger partial charge in [-0.3, -0.25) is 9.36 Å². The molecule has 28 heavy (non-hydrogen) atoms. The fourth-order valence-corrected chi connectivity index (χ4v) is 3.67. The summed E-state index contributed by atoms with van der Waals surface area (Å²) in [5.74, 6) is 0.729. The molecule has 0 N–H and O–H groups in total. The van der Waals surface area contributed by atoms with Crippen LogP contribution in [0.4, 0.5) is 0 Å². The van der Waals surface area contributed by atoms with Crippen LogP contribution >= 0.6 is 0 Å². The van der Waals surface area contributed by atoms with E-state index in [9.17, 15) is 4.79 Å². The van der Waals surface area contributed by atoms with Gasteiger partial charge in [0.25, 0.3) is 0 Å². The topological polar surface area (TPSA) is 31.2 Å². The Hall–Kier alpha value is -3.33. The van der Waals surface area contributed by atoms with Crippen LogP contribution in [0.15, 0.2) is 72.9 Å². The Kier molecular flexibility index (Phi) is 4.74. The highest BCUT2D eigenvalue weighted by Crippen LogP contribution is 2.37. The number of aromatic nitrogens is 1. The number of nitrogens with zero attached hydrogens (tertiary/aromatic N) is 1. The molecule has 0 amide bonds. The van der Waals surface area contributed by atoms with Crippen molar-refractivity contribution < 1.29 is 9.53 Å². The molecule has 1 heterocycles. The van der Waals surface area contributed by atoms with E-state index in [1.165, 1.54) is 11.1 Å². The van der Waals surface area contributed by atoms with Crippen LogP contribution in [0, 0.1) is 13.8 Å². The Bertz CT molecular complexity index is 1150. The molecule has 3 heteroatoms. The zero-order valence-corrected chi connectivity index (χ0v) is 16.4. The highest BCUT2D eigenvalue weighted by atomic mass is 16.5. The van der Waals surface area contributed by atoms with E-state index in [0.717, 1.165) is 27.6 Å². The van der Waals surface area contributed by atoms with Gasteiger partial charge in [-0.1, -0.05) is 66.2 Å². The van der Waals surface area contributed by atoms with Gasteiger partial charge in [0.05, 0.1) is 19.0 Å². The third-order valence-corrected chi connectivity index (χ3v) is 5.19. The van der Waals surface area contributed by atoms with E-state index < -0.39 is 0 Å². The van der Waals surface area contributed by atoms with Gasteiger partial charge in [0.2, 0.25) is 5.91 Å². The summed E-state index contributed by atoms with van der Waals surface area (Å²) in [6, 6.07) is 22.3. The molecule has 0 spiro atoms. The first-order chi connectivity index (χ1) is 13.6. The maximum Gasteiger partial charge on any atom is 0.235 e. The number of hydrogen-bond acceptors (Lipinski definition) is 2. The van der Waals surface area contributed by atoms with Crippen molar-refractivity contribution in [2.24, 2.45) is 0 Å². The van der Waals surface area contributed by atoms with Gasteiger partial charge in [-0.15, -0.1) is 0 Å². The summed E-state index contributed by atoms with van der Waals surface area (Å²) in [4.78, 5) is 13.2. The maximum absolute atomic E-state index is 13.2. The summed E-state index contributed by atoms with van der Waals surface area (Å²) in [5.41, 5.74) is 6.36. The van der Waals surface area contributed by atoms with Gasteiger partial charge in [0, 0.05) is 17.1 Å². The summed E-state index contributed by atoms with van der Waals surface area (Å²) >= 11 is 0. The fourth-order valence-electron chi connectivity index (χ4n) is 3.67. The van der Waals surface area contributed by atoms with E-state index in [4.69, 9.17) is 4.74 Å². The lowest BCUT2D eigenvalue weighted by atomic mass is 10.0. The number of aryl methyl sites for hydroxylation is 2. The minimum Gasteiger partial charge on any atom is -0.495 e. The molecule has 140 valence electrons. The number of carbonyl (C=O) groups excluding carboxylic acids is 1. The lowest BCUT2D eigenvalue weighted by molar-refractivity contribution is 0.0919. The largest absolute Gasteiger partial charge is 0.495 e.